The first-order chi connectivity index (χ1) is 13.7. The SMILES string of the molecule is Cc1ccc2nc(NC(=O)c3cnn(-c4ccc(Cl)cc4)c3C(F)(F)F)sc2c1. The minimum Gasteiger partial charge on any atom is -0.298 e. The van der Waals surface area contributed by atoms with E-state index in [0.717, 1.165) is 16.5 Å². The van der Waals surface area contributed by atoms with Crippen LogP contribution in [0.3, 0.4) is 0 Å². The van der Waals surface area contributed by atoms with Crippen molar-refractivity contribution in [1.29, 1.82) is 0 Å². The van der Waals surface area contributed by atoms with Gasteiger partial charge in [0.15, 0.2) is 10.8 Å². The molecule has 0 saturated heterocycles. The zero-order valence-electron chi connectivity index (χ0n) is 14.8. The summed E-state index contributed by atoms with van der Waals surface area (Å²) in [6.07, 6.45) is -3.91. The third kappa shape index (κ3) is 3.83. The summed E-state index contributed by atoms with van der Waals surface area (Å²) < 4.78 is 42.7. The van der Waals surface area contributed by atoms with E-state index in [2.05, 4.69) is 15.4 Å². The average Bonchev–Trinajstić information content (AvgIpc) is 3.25. The van der Waals surface area contributed by atoms with Crippen molar-refractivity contribution in [3.05, 3.63) is 70.5 Å². The van der Waals surface area contributed by atoms with Crippen molar-refractivity contribution in [2.75, 3.05) is 5.32 Å². The van der Waals surface area contributed by atoms with E-state index in [1.54, 1.807) is 6.07 Å². The normalized spacial score (nSPS) is 11.8. The van der Waals surface area contributed by atoms with Crippen LogP contribution in [0.15, 0.2) is 48.7 Å². The lowest BCUT2D eigenvalue weighted by atomic mass is 10.2. The Hall–Kier alpha value is -2.91. The number of thiazole rings is 1. The predicted molar refractivity (Wildman–Crippen MR) is 106 cm³/mol. The van der Waals surface area contributed by atoms with E-state index in [1.165, 1.54) is 35.6 Å². The molecule has 1 amide bonds. The van der Waals surface area contributed by atoms with Crippen LogP contribution in [-0.4, -0.2) is 20.7 Å². The number of anilines is 1. The first kappa shape index (κ1) is 19.4. The van der Waals surface area contributed by atoms with Gasteiger partial charge in [-0.25, -0.2) is 9.67 Å². The number of aromatic nitrogens is 3. The Morgan fingerprint density at radius 3 is 2.59 bits per heavy atom. The Kier molecular flexibility index (Phi) is 4.79. The summed E-state index contributed by atoms with van der Waals surface area (Å²) in [5.74, 6) is -0.937. The molecule has 4 aromatic rings. The lowest BCUT2D eigenvalue weighted by molar-refractivity contribution is -0.143. The van der Waals surface area contributed by atoms with Gasteiger partial charge in [0.05, 0.1) is 27.7 Å². The molecule has 5 nitrogen and oxygen atoms in total. The van der Waals surface area contributed by atoms with Crippen molar-refractivity contribution in [2.45, 2.75) is 13.1 Å². The minimum absolute atomic E-state index is 0.135. The minimum atomic E-state index is -4.80. The van der Waals surface area contributed by atoms with Crippen LogP contribution >= 0.6 is 22.9 Å². The van der Waals surface area contributed by atoms with Crippen LogP contribution in [0, 0.1) is 6.92 Å². The number of benzene rings is 2. The molecule has 0 aliphatic carbocycles. The summed E-state index contributed by atoms with van der Waals surface area (Å²) in [7, 11) is 0. The first-order valence-electron chi connectivity index (χ1n) is 8.32. The quantitative estimate of drug-likeness (QED) is 0.447. The first-order valence-corrected chi connectivity index (χ1v) is 9.51. The van der Waals surface area contributed by atoms with Gasteiger partial charge in [-0.1, -0.05) is 29.0 Å². The fourth-order valence-electron chi connectivity index (χ4n) is 2.82. The molecule has 0 aliphatic rings. The Bertz CT molecular complexity index is 1210. The Labute approximate surface area is 171 Å². The predicted octanol–water partition coefficient (Wildman–Crippen LogP) is 5.71. The molecule has 10 heteroatoms. The number of alkyl halides is 3. The van der Waals surface area contributed by atoms with Crippen molar-refractivity contribution in [2.24, 2.45) is 0 Å². The standard InChI is InChI=1S/C19H12ClF3N4OS/c1-10-2-7-14-15(8-10)29-18(25-14)26-17(28)13-9-24-27(16(13)19(21,22)23)12-5-3-11(20)4-6-12/h2-9H,1H3,(H,25,26,28). The van der Waals surface area contributed by atoms with Crippen molar-refractivity contribution >= 4 is 44.2 Å². The molecule has 0 radical (unpaired) electrons. The molecule has 2 heterocycles. The van der Waals surface area contributed by atoms with Gasteiger partial charge in [0, 0.05) is 5.02 Å². The van der Waals surface area contributed by atoms with E-state index in [9.17, 15) is 18.0 Å². The number of rotatable bonds is 3. The van der Waals surface area contributed by atoms with Crippen molar-refractivity contribution in [1.82, 2.24) is 14.8 Å². The average molecular weight is 437 g/mol. The number of hydrogen-bond donors (Lipinski definition) is 1. The number of carbonyl (C=O) groups excluding carboxylic acids is 1. The molecular formula is C19H12ClF3N4OS. The largest absolute Gasteiger partial charge is 0.434 e. The van der Waals surface area contributed by atoms with Crippen molar-refractivity contribution < 1.29 is 18.0 Å². The number of amides is 1. The van der Waals surface area contributed by atoms with Gasteiger partial charge in [0.25, 0.3) is 5.91 Å². The Morgan fingerprint density at radius 1 is 1.17 bits per heavy atom. The van der Waals surface area contributed by atoms with E-state index < -0.39 is 23.3 Å². The maximum Gasteiger partial charge on any atom is 0.434 e. The number of nitrogens with one attached hydrogen (secondary N) is 1. The molecule has 29 heavy (non-hydrogen) atoms. The maximum atomic E-state index is 13.7. The highest BCUT2D eigenvalue weighted by molar-refractivity contribution is 7.22. The van der Waals surface area contributed by atoms with Crippen LogP contribution in [0.4, 0.5) is 18.3 Å². The Morgan fingerprint density at radius 2 is 1.90 bits per heavy atom. The topological polar surface area (TPSA) is 59.8 Å². The molecule has 0 saturated carbocycles. The molecular weight excluding hydrogens is 425 g/mol. The molecule has 148 valence electrons. The van der Waals surface area contributed by atoms with Crippen molar-refractivity contribution in [3.8, 4) is 5.69 Å². The van der Waals surface area contributed by atoms with Gasteiger partial charge in [-0.3, -0.25) is 10.1 Å². The number of halogens is 4. The molecule has 0 atom stereocenters. The highest BCUT2D eigenvalue weighted by Gasteiger charge is 2.40. The highest BCUT2D eigenvalue weighted by atomic mass is 35.5. The monoisotopic (exact) mass is 436 g/mol. The fraction of sp³-hybridized carbons (Fsp3) is 0.105. The Balaban J connectivity index is 1.71. The maximum absolute atomic E-state index is 13.7. The van der Waals surface area contributed by atoms with E-state index in [0.29, 0.717) is 15.2 Å². The summed E-state index contributed by atoms with van der Waals surface area (Å²) in [5.41, 5.74) is 0.0415. The van der Waals surface area contributed by atoms with E-state index in [-0.39, 0.29) is 10.8 Å². The van der Waals surface area contributed by atoms with E-state index >= 15 is 0 Å². The second kappa shape index (κ2) is 7.16. The van der Waals surface area contributed by atoms with Gasteiger partial charge in [-0.2, -0.15) is 18.3 Å². The van der Waals surface area contributed by atoms with Crippen LogP contribution in [-0.2, 0) is 6.18 Å². The lowest BCUT2D eigenvalue weighted by Gasteiger charge is -2.12. The number of fused-ring (bicyclic) bond motifs is 1. The lowest BCUT2D eigenvalue weighted by Crippen LogP contribution is -2.20. The fourth-order valence-corrected chi connectivity index (χ4v) is 3.90. The van der Waals surface area contributed by atoms with Gasteiger partial charge in [0.1, 0.15) is 0 Å². The third-order valence-electron chi connectivity index (χ3n) is 4.12. The zero-order chi connectivity index (χ0) is 20.8. The van der Waals surface area contributed by atoms with E-state index in [1.807, 2.05) is 19.1 Å². The smallest absolute Gasteiger partial charge is 0.298 e. The molecule has 4 rings (SSSR count). The number of hydrogen-bond acceptors (Lipinski definition) is 4. The molecule has 0 aliphatic heterocycles. The number of carbonyl (C=O) groups is 1. The van der Waals surface area contributed by atoms with Crippen LogP contribution in [0.25, 0.3) is 15.9 Å². The molecule has 2 aromatic heterocycles. The molecule has 2 aromatic carbocycles. The van der Waals surface area contributed by atoms with Crippen LogP contribution in [0.5, 0.6) is 0 Å². The molecule has 0 spiro atoms. The number of nitrogens with zero attached hydrogens (tertiary/aromatic N) is 3. The van der Waals surface area contributed by atoms with Gasteiger partial charge >= 0.3 is 6.18 Å². The van der Waals surface area contributed by atoms with E-state index in [4.69, 9.17) is 11.6 Å². The molecule has 1 N–H and O–H groups in total. The summed E-state index contributed by atoms with van der Waals surface area (Å²) in [6, 6.07) is 11.2. The number of aryl methyl sites for hydroxylation is 1. The van der Waals surface area contributed by atoms with Crippen LogP contribution < -0.4 is 5.32 Å². The van der Waals surface area contributed by atoms with Crippen LogP contribution in [0.2, 0.25) is 5.02 Å². The molecule has 0 unspecified atom stereocenters. The van der Waals surface area contributed by atoms with Crippen molar-refractivity contribution in [3.63, 3.8) is 0 Å². The summed E-state index contributed by atoms with van der Waals surface area (Å²) in [4.78, 5) is 16.9. The zero-order valence-corrected chi connectivity index (χ0v) is 16.4. The molecule has 0 fully saturated rings. The summed E-state index contributed by atoms with van der Waals surface area (Å²) in [5, 5.41) is 6.81. The van der Waals surface area contributed by atoms with Gasteiger partial charge < -0.3 is 0 Å². The second-order valence-corrected chi connectivity index (χ2v) is 7.70. The summed E-state index contributed by atoms with van der Waals surface area (Å²) >= 11 is 6.98. The van der Waals surface area contributed by atoms with Gasteiger partial charge in [-0.05, 0) is 48.9 Å². The summed E-state index contributed by atoms with van der Waals surface area (Å²) in [6.45, 7) is 1.91. The highest BCUT2D eigenvalue weighted by Crippen LogP contribution is 2.35. The second-order valence-electron chi connectivity index (χ2n) is 6.24. The van der Waals surface area contributed by atoms with Gasteiger partial charge in [-0.15, -0.1) is 0 Å². The third-order valence-corrected chi connectivity index (χ3v) is 5.30. The van der Waals surface area contributed by atoms with Crippen LogP contribution in [0.1, 0.15) is 21.6 Å². The van der Waals surface area contributed by atoms with Gasteiger partial charge in [0.2, 0.25) is 0 Å². The molecule has 0 bridgehead atoms.